The number of H-pyrrole nitrogens is 1. The van der Waals surface area contributed by atoms with E-state index in [9.17, 15) is 27.2 Å². The second-order valence-electron chi connectivity index (χ2n) is 11.8. The minimum Gasteiger partial charge on any atom is -0.381 e. The van der Waals surface area contributed by atoms with Crippen molar-refractivity contribution in [1.82, 2.24) is 15.1 Å². The van der Waals surface area contributed by atoms with Crippen LogP contribution in [0.1, 0.15) is 47.5 Å². The molecule has 2 aliphatic heterocycles. The van der Waals surface area contributed by atoms with E-state index in [4.69, 9.17) is 4.74 Å². The molecular weight excluding hydrogens is 604 g/mol. The van der Waals surface area contributed by atoms with Crippen LogP contribution in [0.4, 0.5) is 40.4 Å². The number of piperidine rings is 1. The van der Waals surface area contributed by atoms with E-state index >= 15 is 0 Å². The molecule has 0 bridgehead atoms. The maximum absolute atomic E-state index is 14.1. The molecule has 242 valence electrons. The number of rotatable bonds is 7. The predicted molar refractivity (Wildman–Crippen MR) is 167 cm³/mol. The van der Waals surface area contributed by atoms with E-state index in [-0.39, 0.29) is 54.7 Å². The van der Waals surface area contributed by atoms with Crippen molar-refractivity contribution in [1.29, 1.82) is 0 Å². The van der Waals surface area contributed by atoms with E-state index in [0.29, 0.717) is 16.6 Å². The second kappa shape index (κ2) is 13.1. The fraction of sp³-hybridized carbons (Fsp3) is 0.364. The summed E-state index contributed by atoms with van der Waals surface area (Å²) < 4.78 is 61.7. The van der Waals surface area contributed by atoms with E-state index < -0.39 is 29.8 Å². The first-order valence-corrected chi connectivity index (χ1v) is 15.2. The first-order chi connectivity index (χ1) is 22.1. The highest BCUT2D eigenvalue weighted by atomic mass is 19.4. The topological polar surface area (TPSA) is 103 Å². The van der Waals surface area contributed by atoms with Gasteiger partial charge in [-0.1, -0.05) is 18.2 Å². The van der Waals surface area contributed by atoms with Gasteiger partial charge in [0.15, 0.2) is 5.82 Å². The van der Waals surface area contributed by atoms with Crippen molar-refractivity contribution in [3.63, 3.8) is 0 Å². The highest BCUT2D eigenvalue weighted by Crippen LogP contribution is 2.37. The number of benzene rings is 3. The Labute approximate surface area is 262 Å². The number of likely N-dealkylation sites (tertiary alicyclic amines) is 1. The zero-order chi connectivity index (χ0) is 32.4. The van der Waals surface area contributed by atoms with E-state index in [1.54, 1.807) is 48.5 Å². The maximum Gasteiger partial charge on any atom is 0.471 e. The molecule has 3 heterocycles. The number of aromatic amines is 1. The molecule has 1 aromatic heterocycles. The summed E-state index contributed by atoms with van der Waals surface area (Å²) in [6.45, 7) is 2.07. The van der Waals surface area contributed by atoms with Gasteiger partial charge in [0.2, 0.25) is 0 Å². The van der Waals surface area contributed by atoms with Crippen molar-refractivity contribution in [3.05, 3.63) is 77.6 Å². The van der Waals surface area contributed by atoms with E-state index in [0.717, 1.165) is 36.4 Å². The maximum atomic E-state index is 14.1. The third-order valence-electron chi connectivity index (χ3n) is 8.68. The fourth-order valence-corrected chi connectivity index (χ4v) is 6.17. The van der Waals surface area contributed by atoms with Crippen LogP contribution in [0, 0.1) is 5.82 Å². The number of alkyl halides is 3. The molecule has 0 radical (unpaired) electrons. The van der Waals surface area contributed by atoms with Crippen LogP contribution >= 0.6 is 0 Å². The van der Waals surface area contributed by atoms with Crippen LogP contribution in [0.2, 0.25) is 0 Å². The minimum absolute atomic E-state index is 0.0743. The lowest BCUT2D eigenvalue weighted by Crippen LogP contribution is -2.50. The Balaban J connectivity index is 1.34. The molecule has 0 aliphatic carbocycles. The van der Waals surface area contributed by atoms with Crippen LogP contribution in [0.3, 0.4) is 0 Å². The smallest absolute Gasteiger partial charge is 0.381 e. The van der Waals surface area contributed by atoms with Crippen molar-refractivity contribution in [2.24, 2.45) is 0 Å². The molecule has 3 N–H and O–H groups in total. The van der Waals surface area contributed by atoms with Gasteiger partial charge in [-0.05, 0) is 99.8 Å². The van der Waals surface area contributed by atoms with E-state index in [1.807, 2.05) is 7.05 Å². The number of ether oxygens (including phenoxy) is 1. The summed E-state index contributed by atoms with van der Waals surface area (Å²) in [5.41, 5.74) is 2.02. The number of nitrogens with one attached hydrogen (secondary N) is 3. The Morgan fingerprint density at radius 1 is 1.00 bits per heavy atom. The number of fused-ring (bicyclic) bond motifs is 1. The molecular formula is C33H34F4N6O3. The molecule has 0 unspecified atom stereocenters. The number of amides is 2. The van der Waals surface area contributed by atoms with Gasteiger partial charge in [0.05, 0.1) is 22.5 Å². The first-order valence-electron chi connectivity index (χ1n) is 15.2. The summed E-state index contributed by atoms with van der Waals surface area (Å²) in [7, 11) is 2.02. The number of hydrogen-bond donors (Lipinski definition) is 3. The van der Waals surface area contributed by atoms with Gasteiger partial charge in [-0.25, -0.2) is 4.39 Å². The summed E-state index contributed by atoms with van der Waals surface area (Å²) in [5.74, 6) is -2.92. The number of carbonyl (C=O) groups excluding carboxylic acids is 2. The number of halogens is 4. The van der Waals surface area contributed by atoms with Gasteiger partial charge in [-0.3, -0.25) is 14.7 Å². The minimum atomic E-state index is -5.15. The number of para-hydroxylation sites is 1. The molecule has 6 rings (SSSR count). The Morgan fingerprint density at radius 3 is 2.46 bits per heavy atom. The molecule has 4 aromatic rings. The fourth-order valence-electron chi connectivity index (χ4n) is 6.17. The third kappa shape index (κ3) is 6.70. The largest absolute Gasteiger partial charge is 0.471 e. The lowest BCUT2D eigenvalue weighted by molar-refractivity contribution is -0.171. The Morgan fingerprint density at radius 2 is 1.74 bits per heavy atom. The van der Waals surface area contributed by atoms with Gasteiger partial charge in [-0.15, -0.1) is 0 Å². The van der Waals surface area contributed by atoms with Crippen LogP contribution in [-0.4, -0.2) is 72.5 Å². The van der Waals surface area contributed by atoms with Gasteiger partial charge in [0.1, 0.15) is 5.82 Å². The summed E-state index contributed by atoms with van der Waals surface area (Å²) in [5, 5.41) is 13.3. The van der Waals surface area contributed by atoms with Crippen molar-refractivity contribution in [2.45, 2.75) is 43.8 Å². The molecule has 2 saturated heterocycles. The van der Waals surface area contributed by atoms with Gasteiger partial charge >= 0.3 is 12.1 Å². The molecule has 2 fully saturated rings. The van der Waals surface area contributed by atoms with Crippen LogP contribution < -0.4 is 15.5 Å². The van der Waals surface area contributed by atoms with Crippen molar-refractivity contribution >= 4 is 45.6 Å². The molecule has 3 aromatic carbocycles. The highest BCUT2D eigenvalue weighted by Gasteiger charge is 2.46. The summed E-state index contributed by atoms with van der Waals surface area (Å²) in [6.07, 6.45) is -3.14. The molecule has 13 heteroatoms. The summed E-state index contributed by atoms with van der Waals surface area (Å²) in [6, 6.07) is 15.3. The summed E-state index contributed by atoms with van der Waals surface area (Å²) in [4.78, 5) is 29.8. The quantitative estimate of drug-likeness (QED) is 0.198. The Kier molecular flexibility index (Phi) is 8.96. The lowest BCUT2D eigenvalue weighted by Gasteiger charge is -2.36. The van der Waals surface area contributed by atoms with E-state index in [2.05, 4.69) is 25.7 Å². The normalized spacial score (nSPS) is 16.8. The van der Waals surface area contributed by atoms with Crippen LogP contribution in [0.5, 0.6) is 0 Å². The van der Waals surface area contributed by atoms with Crippen LogP contribution in [0.15, 0.2) is 60.7 Å². The Hall–Kier alpha value is -4.49. The highest BCUT2D eigenvalue weighted by molar-refractivity contribution is 6.13. The van der Waals surface area contributed by atoms with Gasteiger partial charge in [0.25, 0.3) is 5.91 Å². The number of hydrogen-bond acceptors (Lipinski definition) is 6. The standard InChI is InChI=1S/C33H34F4N6O3/c1-42-14-10-20(11-15-42)21-6-8-25(29(18-21)43(32(45)33(35,36)37)23-12-16-46-17-13-23)31(44)39-30-24-9-7-22(19-28(24)40-41-30)38-27-5-3-2-4-26(27)34/h2-9,18-20,23,38H,10-17H2,1H3,(H2,39,40,41,44). The zero-order valence-corrected chi connectivity index (χ0v) is 25.2. The molecule has 46 heavy (non-hydrogen) atoms. The van der Waals surface area contributed by atoms with E-state index in [1.165, 1.54) is 12.1 Å². The van der Waals surface area contributed by atoms with Crippen molar-refractivity contribution in [3.8, 4) is 0 Å². The van der Waals surface area contributed by atoms with Crippen molar-refractivity contribution < 1.29 is 31.9 Å². The van der Waals surface area contributed by atoms with Crippen molar-refractivity contribution in [2.75, 3.05) is 48.9 Å². The number of aromatic nitrogens is 2. The SMILES string of the molecule is CN1CCC(c2ccc(C(=O)Nc3n[nH]c4cc(Nc5ccccc5F)ccc34)c(N(C(=O)C(F)(F)F)C3CCOCC3)c2)CC1. The first kappa shape index (κ1) is 31.5. The number of carbonyl (C=O) groups is 2. The second-order valence-corrected chi connectivity index (χ2v) is 11.8. The molecule has 0 spiro atoms. The molecule has 2 aliphatic rings. The Bertz CT molecular complexity index is 1730. The predicted octanol–water partition coefficient (Wildman–Crippen LogP) is 6.58. The van der Waals surface area contributed by atoms with Gasteiger partial charge in [0, 0.05) is 30.3 Å². The number of anilines is 4. The van der Waals surface area contributed by atoms with Gasteiger partial charge < -0.3 is 25.2 Å². The van der Waals surface area contributed by atoms with Crippen LogP contribution in [0.25, 0.3) is 10.9 Å². The molecule has 9 nitrogen and oxygen atoms in total. The third-order valence-corrected chi connectivity index (χ3v) is 8.68. The average Bonchev–Trinajstić information content (AvgIpc) is 3.44. The average molecular weight is 639 g/mol. The monoisotopic (exact) mass is 638 g/mol. The van der Waals surface area contributed by atoms with Gasteiger partial charge in [-0.2, -0.15) is 18.3 Å². The lowest BCUT2D eigenvalue weighted by atomic mass is 9.88. The molecule has 0 saturated carbocycles. The zero-order valence-electron chi connectivity index (χ0n) is 25.2. The van der Waals surface area contributed by atoms with Crippen LogP contribution in [-0.2, 0) is 9.53 Å². The molecule has 2 amide bonds. The number of nitrogens with zero attached hydrogens (tertiary/aromatic N) is 3. The molecule has 0 atom stereocenters. The summed E-state index contributed by atoms with van der Waals surface area (Å²) >= 11 is 0.